The van der Waals surface area contributed by atoms with Gasteiger partial charge in [0, 0.05) is 0 Å². The van der Waals surface area contributed by atoms with Crippen LogP contribution in [0.4, 0.5) is 0 Å². The first kappa shape index (κ1) is 14.6. The van der Waals surface area contributed by atoms with Gasteiger partial charge >= 0.3 is 5.97 Å². The summed E-state index contributed by atoms with van der Waals surface area (Å²) in [5, 5.41) is 28.6. The lowest BCUT2D eigenvalue weighted by atomic mass is 9.99. The van der Waals surface area contributed by atoms with E-state index < -0.39 is 18.2 Å². The van der Waals surface area contributed by atoms with Crippen LogP contribution in [0.3, 0.4) is 0 Å². The number of ether oxygens (including phenoxy) is 1. The molecule has 0 saturated heterocycles. The fourth-order valence-corrected chi connectivity index (χ4v) is 1.58. The monoisotopic (exact) mass is 254 g/mol. The molecule has 0 bridgehead atoms. The molecule has 0 aromatic heterocycles. The molecule has 3 N–H and O–H groups in total. The predicted molar refractivity (Wildman–Crippen MR) is 64.7 cm³/mol. The number of carbonyl (C=O) groups excluding carboxylic acids is 1. The summed E-state index contributed by atoms with van der Waals surface area (Å²) in [6, 6.07) is 4.87. The summed E-state index contributed by atoms with van der Waals surface area (Å²) in [5.41, 5.74) is 1.88. The minimum atomic E-state index is -1.63. The van der Waals surface area contributed by atoms with Crippen LogP contribution in [0.1, 0.15) is 29.7 Å². The molecule has 1 rings (SSSR count). The first-order valence-corrected chi connectivity index (χ1v) is 5.74. The molecule has 2 atom stereocenters. The zero-order valence-electron chi connectivity index (χ0n) is 10.5. The molecule has 0 aliphatic rings. The Bertz CT molecular complexity index is 416. The van der Waals surface area contributed by atoms with E-state index in [9.17, 15) is 15.0 Å². The molecule has 5 nitrogen and oxygen atoms in total. The van der Waals surface area contributed by atoms with Crippen LogP contribution in [-0.2, 0) is 16.1 Å². The quantitative estimate of drug-likeness (QED) is 0.664. The van der Waals surface area contributed by atoms with Gasteiger partial charge in [0.25, 0.3) is 0 Å². The minimum absolute atomic E-state index is 0.137. The maximum absolute atomic E-state index is 11.3. The van der Waals surface area contributed by atoms with Gasteiger partial charge in [0.2, 0.25) is 0 Å². The smallest absolute Gasteiger partial charge is 0.338 e. The van der Waals surface area contributed by atoms with E-state index >= 15 is 0 Å². The summed E-state index contributed by atoms with van der Waals surface area (Å²) in [6.45, 7) is 3.41. The highest BCUT2D eigenvalue weighted by Gasteiger charge is 2.27. The highest BCUT2D eigenvalue weighted by molar-refractivity contribution is 5.75. The van der Waals surface area contributed by atoms with Gasteiger partial charge in [-0.3, -0.25) is 0 Å². The number of carbonyl (C=O) groups is 1. The van der Waals surface area contributed by atoms with Crippen molar-refractivity contribution in [2.75, 3.05) is 6.61 Å². The number of aliphatic hydroxyl groups excluding tert-OH is 3. The number of esters is 1. The standard InChI is InChI=1S/C13H18O5/c1-3-18-13(17)12(16)11(15)9-5-4-8(2)10(6-9)7-14/h4-6,11-12,14-16H,3,7H2,1-2H3. The number of hydrogen-bond acceptors (Lipinski definition) is 5. The Balaban J connectivity index is 2.89. The van der Waals surface area contributed by atoms with Gasteiger partial charge in [-0.25, -0.2) is 4.79 Å². The second-order valence-electron chi connectivity index (χ2n) is 3.99. The van der Waals surface area contributed by atoms with Gasteiger partial charge in [-0.05, 0) is 30.5 Å². The number of aryl methyl sites for hydroxylation is 1. The molecule has 1 aromatic carbocycles. The fourth-order valence-electron chi connectivity index (χ4n) is 1.58. The molecule has 0 fully saturated rings. The molecule has 0 spiro atoms. The lowest BCUT2D eigenvalue weighted by molar-refractivity contribution is -0.159. The van der Waals surface area contributed by atoms with Crippen molar-refractivity contribution in [2.45, 2.75) is 32.7 Å². The van der Waals surface area contributed by atoms with Gasteiger partial charge in [-0.1, -0.05) is 18.2 Å². The summed E-state index contributed by atoms with van der Waals surface area (Å²) in [5.74, 6) is -0.865. The van der Waals surface area contributed by atoms with Crippen molar-refractivity contribution in [3.63, 3.8) is 0 Å². The number of benzene rings is 1. The third kappa shape index (κ3) is 3.29. The van der Waals surface area contributed by atoms with Crippen LogP contribution in [0.15, 0.2) is 18.2 Å². The van der Waals surface area contributed by atoms with Gasteiger partial charge in [0.05, 0.1) is 13.2 Å². The van der Waals surface area contributed by atoms with Crippen molar-refractivity contribution in [3.8, 4) is 0 Å². The third-order valence-corrected chi connectivity index (χ3v) is 2.71. The van der Waals surface area contributed by atoms with Gasteiger partial charge in [0.1, 0.15) is 6.10 Å². The molecule has 18 heavy (non-hydrogen) atoms. The molecule has 2 unspecified atom stereocenters. The van der Waals surface area contributed by atoms with Crippen molar-refractivity contribution in [3.05, 3.63) is 34.9 Å². The first-order chi connectivity index (χ1) is 8.51. The normalized spacial score (nSPS) is 14.1. The van der Waals surface area contributed by atoms with Crippen molar-refractivity contribution in [2.24, 2.45) is 0 Å². The Morgan fingerprint density at radius 3 is 2.61 bits per heavy atom. The SMILES string of the molecule is CCOC(=O)C(O)C(O)c1ccc(C)c(CO)c1. The Hall–Kier alpha value is -1.43. The first-order valence-electron chi connectivity index (χ1n) is 5.74. The molecule has 0 radical (unpaired) electrons. The highest BCUT2D eigenvalue weighted by atomic mass is 16.5. The zero-order chi connectivity index (χ0) is 13.7. The molecule has 100 valence electrons. The van der Waals surface area contributed by atoms with Crippen LogP contribution in [0, 0.1) is 6.92 Å². The molecule has 0 aliphatic carbocycles. The highest BCUT2D eigenvalue weighted by Crippen LogP contribution is 2.21. The summed E-state index contributed by atoms with van der Waals surface area (Å²) in [6.07, 6.45) is -2.99. The van der Waals surface area contributed by atoms with E-state index in [1.165, 1.54) is 0 Å². The van der Waals surface area contributed by atoms with Crippen LogP contribution in [0.5, 0.6) is 0 Å². The lowest BCUT2D eigenvalue weighted by Gasteiger charge is -2.17. The average Bonchev–Trinajstić information content (AvgIpc) is 2.38. The maximum atomic E-state index is 11.3. The van der Waals surface area contributed by atoms with Crippen LogP contribution in [0.25, 0.3) is 0 Å². The summed E-state index contributed by atoms with van der Waals surface area (Å²) in [7, 11) is 0. The maximum Gasteiger partial charge on any atom is 0.338 e. The Morgan fingerprint density at radius 2 is 2.06 bits per heavy atom. The molecular weight excluding hydrogens is 236 g/mol. The number of hydrogen-bond donors (Lipinski definition) is 3. The molecule has 0 heterocycles. The van der Waals surface area contributed by atoms with Crippen molar-refractivity contribution in [1.82, 2.24) is 0 Å². The van der Waals surface area contributed by atoms with Gasteiger partial charge in [-0.15, -0.1) is 0 Å². The van der Waals surface area contributed by atoms with E-state index in [1.807, 2.05) is 6.92 Å². The molecule has 0 aliphatic heterocycles. The van der Waals surface area contributed by atoms with E-state index in [0.717, 1.165) is 5.56 Å². The van der Waals surface area contributed by atoms with Crippen molar-refractivity contribution in [1.29, 1.82) is 0 Å². The number of rotatable bonds is 5. The second-order valence-corrected chi connectivity index (χ2v) is 3.99. The second kappa shape index (κ2) is 6.49. The van der Waals surface area contributed by atoms with Crippen LogP contribution >= 0.6 is 0 Å². The minimum Gasteiger partial charge on any atom is -0.464 e. The largest absolute Gasteiger partial charge is 0.464 e. The molecule has 5 heteroatoms. The lowest BCUT2D eigenvalue weighted by Crippen LogP contribution is -2.30. The van der Waals surface area contributed by atoms with Crippen LogP contribution < -0.4 is 0 Å². The Morgan fingerprint density at radius 1 is 1.39 bits per heavy atom. The fraction of sp³-hybridized carbons (Fsp3) is 0.462. The zero-order valence-corrected chi connectivity index (χ0v) is 10.5. The summed E-state index contributed by atoms with van der Waals surface area (Å²) in [4.78, 5) is 11.3. The van der Waals surface area contributed by atoms with E-state index in [0.29, 0.717) is 11.1 Å². The third-order valence-electron chi connectivity index (χ3n) is 2.71. The van der Waals surface area contributed by atoms with Crippen molar-refractivity contribution < 1.29 is 24.9 Å². The predicted octanol–water partition coefficient (Wildman–Crippen LogP) is 0.445. The molecular formula is C13H18O5. The Kier molecular flexibility index (Phi) is 5.27. The summed E-state index contributed by atoms with van der Waals surface area (Å²) >= 11 is 0. The molecule has 1 aromatic rings. The van der Waals surface area contributed by atoms with E-state index in [2.05, 4.69) is 4.74 Å². The molecule has 0 saturated carbocycles. The van der Waals surface area contributed by atoms with E-state index in [-0.39, 0.29) is 13.2 Å². The van der Waals surface area contributed by atoms with E-state index in [4.69, 9.17) is 5.11 Å². The number of aliphatic hydroxyl groups is 3. The van der Waals surface area contributed by atoms with E-state index in [1.54, 1.807) is 25.1 Å². The van der Waals surface area contributed by atoms with Crippen LogP contribution in [0.2, 0.25) is 0 Å². The average molecular weight is 254 g/mol. The molecule has 0 amide bonds. The van der Waals surface area contributed by atoms with Crippen molar-refractivity contribution >= 4 is 5.97 Å². The Labute approximate surface area is 106 Å². The topological polar surface area (TPSA) is 87.0 Å². The van der Waals surface area contributed by atoms with Crippen LogP contribution in [-0.4, -0.2) is 34.0 Å². The van der Waals surface area contributed by atoms with Gasteiger partial charge in [-0.2, -0.15) is 0 Å². The summed E-state index contributed by atoms with van der Waals surface area (Å²) < 4.78 is 4.63. The van der Waals surface area contributed by atoms with Gasteiger partial charge < -0.3 is 20.1 Å². The van der Waals surface area contributed by atoms with Gasteiger partial charge in [0.15, 0.2) is 6.10 Å².